The summed E-state index contributed by atoms with van der Waals surface area (Å²) in [5.74, 6) is 0.939. The van der Waals surface area contributed by atoms with Crippen molar-refractivity contribution in [2.24, 2.45) is 21.9 Å². The van der Waals surface area contributed by atoms with Gasteiger partial charge in [-0.2, -0.15) is 5.10 Å². The smallest absolute Gasteiger partial charge is 0.123 e. The van der Waals surface area contributed by atoms with Crippen molar-refractivity contribution < 1.29 is 0 Å². The maximum absolute atomic E-state index is 5.65. The lowest BCUT2D eigenvalue weighted by Crippen LogP contribution is -2.25. The van der Waals surface area contributed by atoms with Gasteiger partial charge in [-0.3, -0.25) is 0 Å². The van der Waals surface area contributed by atoms with Crippen LogP contribution in [-0.4, -0.2) is 11.5 Å². The number of nitrogens with two attached hydrogens (primary N) is 1. The van der Waals surface area contributed by atoms with Gasteiger partial charge >= 0.3 is 0 Å². The van der Waals surface area contributed by atoms with E-state index in [0.29, 0.717) is 11.8 Å². The minimum atomic E-state index is 0.326. The van der Waals surface area contributed by atoms with E-state index in [1.54, 1.807) is 0 Å². The Labute approximate surface area is 104 Å². The van der Waals surface area contributed by atoms with Crippen molar-refractivity contribution in [3.63, 3.8) is 0 Å². The van der Waals surface area contributed by atoms with E-state index in [4.69, 9.17) is 5.73 Å². The molecule has 0 saturated heterocycles. The maximum atomic E-state index is 5.65. The van der Waals surface area contributed by atoms with Gasteiger partial charge in [-0.25, -0.2) is 0 Å². The summed E-state index contributed by atoms with van der Waals surface area (Å²) in [5, 5.41) is 8.15. The number of aryl methyl sites for hydroxylation is 1. The molecule has 1 heterocycles. The molecule has 16 heavy (non-hydrogen) atoms. The summed E-state index contributed by atoms with van der Waals surface area (Å²) in [6.45, 7) is 4.18. The molecule has 0 radical (unpaired) electrons. The topological polar surface area (TPSA) is 50.7 Å². The number of hydrogen-bond donors (Lipinski definition) is 1. The van der Waals surface area contributed by atoms with Crippen molar-refractivity contribution in [1.82, 2.24) is 0 Å². The molecule has 0 amide bonds. The van der Waals surface area contributed by atoms with Crippen molar-refractivity contribution in [2.75, 3.05) is 0 Å². The monoisotopic (exact) mass is 279 g/mol. The van der Waals surface area contributed by atoms with Gasteiger partial charge in [0, 0.05) is 16.8 Å². The van der Waals surface area contributed by atoms with E-state index < -0.39 is 0 Å². The molecule has 0 fully saturated rings. The Kier molecular flexibility index (Phi) is 3.10. The first-order valence-electron chi connectivity index (χ1n) is 5.24. The molecule has 2 N–H and O–H groups in total. The molecule has 0 spiro atoms. The first-order chi connectivity index (χ1) is 7.58. The van der Waals surface area contributed by atoms with Crippen LogP contribution >= 0.6 is 15.9 Å². The van der Waals surface area contributed by atoms with Gasteiger partial charge in [0.1, 0.15) is 5.84 Å². The third-order valence-corrected chi connectivity index (χ3v) is 3.59. The number of nitrogens with zero attached hydrogens (tertiary/aromatic N) is 2. The van der Waals surface area contributed by atoms with Crippen molar-refractivity contribution in [3.05, 3.63) is 33.8 Å². The van der Waals surface area contributed by atoms with E-state index in [1.807, 2.05) is 0 Å². The van der Waals surface area contributed by atoms with Crippen LogP contribution in [0.2, 0.25) is 0 Å². The molecule has 84 valence electrons. The molecule has 1 aliphatic rings. The van der Waals surface area contributed by atoms with E-state index in [2.05, 4.69) is 58.2 Å². The van der Waals surface area contributed by atoms with Crippen LogP contribution < -0.4 is 5.73 Å². The van der Waals surface area contributed by atoms with Crippen LogP contribution in [-0.2, 0) is 0 Å². The molecule has 3 nitrogen and oxygen atoms in total. The van der Waals surface area contributed by atoms with Crippen LogP contribution in [0.1, 0.15) is 24.5 Å². The summed E-state index contributed by atoms with van der Waals surface area (Å²) in [7, 11) is 0. The average Bonchev–Trinajstić information content (AvgIpc) is 2.22. The molecule has 0 saturated carbocycles. The summed E-state index contributed by atoms with van der Waals surface area (Å²) >= 11 is 3.53. The largest absolute Gasteiger partial charge is 0.386 e. The average molecular weight is 280 g/mol. The zero-order valence-electron chi connectivity index (χ0n) is 9.37. The lowest BCUT2D eigenvalue weighted by molar-refractivity contribution is 0.783. The molecule has 1 unspecified atom stereocenters. The second-order valence-corrected chi connectivity index (χ2v) is 5.00. The molecule has 2 rings (SSSR count). The standard InChI is InChI=1S/C12H14BrN3/c1-7-3-4-9(6-10(7)13)12-8(2)5-11(14)15-16-12/h3-4,6,8H,5H2,1-2H3,(H2,14,15). The second-order valence-electron chi connectivity index (χ2n) is 4.15. The van der Waals surface area contributed by atoms with Crippen molar-refractivity contribution in [3.8, 4) is 0 Å². The summed E-state index contributed by atoms with van der Waals surface area (Å²) < 4.78 is 1.10. The Hall–Kier alpha value is -1.16. The van der Waals surface area contributed by atoms with Crippen molar-refractivity contribution in [1.29, 1.82) is 0 Å². The van der Waals surface area contributed by atoms with Gasteiger partial charge in [-0.05, 0) is 24.1 Å². The van der Waals surface area contributed by atoms with Gasteiger partial charge in [-0.1, -0.05) is 35.0 Å². The predicted octanol–water partition coefficient (Wildman–Crippen LogP) is 2.86. The normalized spacial score (nSPS) is 20.3. The Balaban J connectivity index is 2.41. The van der Waals surface area contributed by atoms with Gasteiger partial charge in [0.2, 0.25) is 0 Å². The summed E-state index contributed by atoms with van der Waals surface area (Å²) in [6.07, 6.45) is 0.782. The Morgan fingerprint density at radius 2 is 2.12 bits per heavy atom. The SMILES string of the molecule is Cc1ccc(C2=NN=C(N)CC2C)cc1Br. The summed E-state index contributed by atoms with van der Waals surface area (Å²) in [4.78, 5) is 0. The molecule has 1 aromatic carbocycles. The number of benzene rings is 1. The van der Waals surface area contributed by atoms with Crippen molar-refractivity contribution >= 4 is 27.5 Å². The second kappa shape index (κ2) is 4.37. The van der Waals surface area contributed by atoms with Crippen LogP contribution in [0.5, 0.6) is 0 Å². The van der Waals surface area contributed by atoms with Gasteiger partial charge in [-0.15, -0.1) is 5.10 Å². The van der Waals surface area contributed by atoms with Crippen molar-refractivity contribution in [2.45, 2.75) is 20.3 Å². The van der Waals surface area contributed by atoms with E-state index in [0.717, 1.165) is 22.2 Å². The Morgan fingerprint density at radius 1 is 1.38 bits per heavy atom. The van der Waals surface area contributed by atoms with Crippen LogP contribution in [0.3, 0.4) is 0 Å². The third-order valence-electron chi connectivity index (χ3n) is 2.74. The molecular weight excluding hydrogens is 266 g/mol. The zero-order chi connectivity index (χ0) is 11.7. The molecular formula is C12H14BrN3. The van der Waals surface area contributed by atoms with E-state index in [-0.39, 0.29) is 0 Å². The third kappa shape index (κ3) is 2.16. The van der Waals surface area contributed by atoms with E-state index in [9.17, 15) is 0 Å². The van der Waals surface area contributed by atoms with Crippen LogP contribution in [0.4, 0.5) is 0 Å². The zero-order valence-corrected chi connectivity index (χ0v) is 11.0. The number of halogens is 1. The molecule has 4 heteroatoms. The maximum Gasteiger partial charge on any atom is 0.123 e. The van der Waals surface area contributed by atoms with Gasteiger partial charge < -0.3 is 5.73 Å². The fraction of sp³-hybridized carbons (Fsp3) is 0.333. The minimum absolute atomic E-state index is 0.326. The number of hydrogen-bond acceptors (Lipinski definition) is 3. The minimum Gasteiger partial charge on any atom is -0.386 e. The molecule has 0 aliphatic carbocycles. The molecule has 0 aromatic heterocycles. The van der Waals surface area contributed by atoms with E-state index in [1.165, 1.54) is 5.56 Å². The first kappa shape index (κ1) is 11.3. The van der Waals surface area contributed by atoms with Crippen LogP contribution in [0.25, 0.3) is 0 Å². The number of rotatable bonds is 1. The highest BCUT2D eigenvalue weighted by atomic mass is 79.9. The van der Waals surface area contributed by atoms with Gasteiger partial charge in [0.25, 0.3) is 0 Å². The summed E-state index contributed by atoms with van der Waals surface area (Å²) in [5.41, 5.74) is 8.99. The molecule has 1 aliphatic heterocycles. The van der Waals surface area contributed by atoms with Crippen LogP contribution in [0, 0.1) is 12.8 Å². The first-order valence-corrected chi connectivity index (χ1v) is 6.03. The quantitative estimate of drug-likeness (QED) is 0.845. The molecule has 0 bridgehead atoms. The number of amidine groups is 1. The lowest BCUT2D eigenvalue weighted by Gasteiger charge is -2.17. The fourth-order valence-corrected chi connectivity index (χ4v) is 2.14. The predicted molar refractivity (Wildman–Crippen MR) is 70.8 cm³/mol. The highest BCUT2D eigenvalue weighted by molar-refractivity contribution is 9.10. The molecule has 1 aromatic rings. The van der Waals surface area contributed by atoms with Crippen LogP contribution in [0.15, 0.2) is 32.9 Å². The Morgan fingerprint density at radius 3 is 2.75 bits per heavy atom. The van der Waals surface area contributed by atoms with Gasteiger partial charge in [0.05, 0.1) is 5.71 Å². The highest BCUT2D eigenvalue weighted by Gasteiger charge is 2.18. The molecule has 1 atom stereocenters. The lowest BCUT2D eigenvalue weighted by atomic mass is 9.94. The van der Waals surface area contributed by atoms with Gasteiger partial charge in [0.15, 0.2) is 0 Å². The Bertz CT molecular complexity index is 477. The fourth-order valence-electron chi connectivity index (χ4n) is 1.76. The highest BCUT2D eigenvalue weighted by Crippen LogP contribution is 2.22. The summed E-state index contributed by atoms with van der Waals surface area (Å²) in [6, 6.07) is 6.24. The van der Waals surface area contributed by atoms with E-state index >= 15 is 0 Å².